The molecule has 2 amide bonds. The Balaban J connectivity index is 0.903. The highest BCUT2D eigenvalue weighted by Crippen LogP contribution is 2.56. The molecular weight excluding hydrogens is 522 g/mol. The number of urea groups is 1. The molecule has 4 fully saturated rings. The van der Waals surface area contributed by atoms with Crippen LogP contribution in [0.25, 0.3) is 11.1 Å². The van der Waals surface area contributed by atoms with Gasteiger partial charge in [-0.3, -0.25) is 0 Å². The molecule has 8 nitrogen and oxygen atoms in total. The minimum absolute atomic E-state index is 0.153. The third-order valence-corrected chi connectivity index (χ3v) is 10.2. The van der Waals surface area contributed by atoms with Crippen molar-refractivity contribution in [2.45, 2.75) is 48.3 Å². The average molecular weight is 552 g/mol. The van der Waals surface area contributed by atoms with Crippen molar-refractivity contribution in [2.24, 2.45) is 5.41 Å². The van der Waals surface area contributed by atoms with E-state index in [2.05, 4.69) is 27.3 Å². The maximum Gasteiger partial charge on any atom is 0.320 e. The fraction of sp³-hybridized carbons (Fsp3) is 0.464. The second-order valence-electron chi connectivity index (χ2n) is 11.8. The Morgan fingerprint density at radius 2 is 1.61 bits per heavy atom. The smallest absolute Gasteiger partial charge is 0.320 e. The van der Waals surface area contributed by atoms with Crippen molar-refractivity contribution in [1.82, 2.24) is 25.0 Å². The van der Waals surface area contributed by atoms with Crippen molar-refractivity contribution >= 4 is 27.5 Å². The number of nitrogens with zero attached hydrogens (tertiary/aromatic N) is 4. The average Bonchev–Trinajstić information content (AvgIpc) is 3.54. The molecule has 1 aromatic heterocycles. The van der Waals surface area contributed by atoms with Crippen LogP contribution in [-0.4, -0.2) is 71.9 Å². The lowest BCUT2D eigenvalue weighted by atomic mass is 9.57. The van der Waals surface area contributed by atoms with Gasteiger partial charge >= 0.3 is 6.03 Å². The molecule has 2 saturated carbocycles. The SMILES string of the molecule is CS(=O)(=O)c1ccc(-c2ccc(C3CN(C(=O)N4CC5(CC(c6nnc(C7CC7)[nH]6)C5)C4)C3)cc2)c(Cl)c1. The number of hydrogen-bond donors (Lipinski definition) is 1. The van der Waals surface area contributed by atoms with Gasteiger partial charge in [0.2, 0.25) is 0 Å². The zero-order chi connectivity index (χ0) is 26.2. The zero-order valence-electron chi connectivity index (χ0n) is 21.2. The molecular formula is C28H30ClN5O3S. The van der Waals surface area contributed by atoms with Gasteiger partial charge in [-0.1, -0.05) is 41.9 Å². The number of nitrogens with one attached hydrogen (secondary N) is 1. The van der Waals surface area contributed by atoms with Crippen molar-refractivity contribution in [3.63, 3.8) is 0 Å². The number of benzene rings is 2. The van der Waals surface area contributed by atoms with Crippen LogP contribution in [0.2, 0.25) is 5.02 Å². The first kappa shape index (κ1) is 24.2. The van der Waals surface area contributed by atoms with E-state index in [0.717, 1.165) is 61.8 Å². The molecule has 2 aliphatic heterocycles. The number of amides is 2. The molecule has 3 aromatic rings. The highest BCUT2D eigenvalue weighted by molar-refractivity contribution is 7.90. The molecule has 0 unspecified atom stereocenters. The number of aromatic amines is 1. The lowest BCUT2D eigenvalue weighted by molar-refractivity contribution is -0.0601. The second-order valence-corrected chi connectivity index (χ2v) is 14.2. The number of H-pyrrole nitrogens is 1. The summed E-state index contributed by atoms with van der Waals surface area (Å²) in [5.74, 6) is 3.47. The van der Waals surface area contributed by atoms with Gasteiger partial charge in [-0.2, -0.15) is 0 Å². The molecule has 4 aliphatic rings. The van der Waals surface area contributed by atoms with E-state index in [1.807, 2.05) is 21.9 Å². The summed E-state index contributed by atoms with van der Waals surface area (Å²) in [6, 6.07) is 13.2. The van der Waals surface area contributed by atoms with Crippen LogP contribution in [0.4, 0.5) is 4.79 Å². The molecule has 2 saturated heterocycles. The van der Waals surface area contributed by atoms with Gasteiger partial charge in [0.25, 0.3) is 0 Å². The number of aromatic nitrogens is 3. The Bertz CT molecular complexity index is 1510. The van der Waals surface area contributed by atoms with Crippen LogP contribution in [0, 0.1) is 5.41 Å². The summed E-state index contributed by atoms with van der Waals surface area (Å²) in [6.45, 7) is 3.16. The van der Waals surface area contributed by atoms with E-state index >= 15 is 0 Å². The predicted molar refractivity (Wildman–Crippen MR) is 144 cm³/mol. The molecule has 0 atom stereocenters. The third kappa shape index (κ3) is 4.20. The normalized spacial score (nSPS) is 21.2. The monoisotopic (exact) mass is 551 g/mol. The van der Waals surface area contributed by atoms with Gasteiger partial charge in [0.15, 0.2) is 9.84 Å². The van der Waals surface area contributed by atoms with E-state index in [0.29, 0.717) is 22.8 Å². The molecule has 0 bridgehead atoms. The first-order chi connectivity index (χ1) is 18.2. The Morgan fingerprint density at radius 1 is 0.947 bits per heavy atom. The van der Waals surface area contributed by atoms with Crippen molar-refractivity contribution in [3.8, 4) is 11.1 Å². The summed E-state index contributed by atoms with van der Waals surface area (Å²) in [5.41, 5.74) is 3.20. The van der Waals surface area contributed by atoms with Gasteiger partial charge in [-0.15, -0.1) is 10.2 Å². The predicted octanol–water partition coefficient (Wildman–Crippen LogP) is 4.80. The first-order valence-electron chi connectivity index (χ1n) is 13.2. The lowest BCUT2D eigenvalue weighted by Crippen LogP contribution is -2.67. The maximum absolute atomic E-state index is 13.0. The molecule has 0 radical (unpaired) electrons. The zero-order valence-corrected chi connectivity index (χ0v) is 22.8. The minimum atomic E-state index is -3.30. The van der Waals surface area contributed by atoms with Crippen LogP contribution in [0.3, 0.4) is 0 Å². The van der Waals surface area contributed by atoms with E-state index in [9.17, 15) is 13.2 Å². The van der Waals surface area contributed by atoms with Gasteiger partial charge in [-0.05, 0) is 48.9 Å². The van der Waals surface area contributed by atoms with Crippen LogP contribution in [0.1, 0.15) is 60.6 Å². The molecule has 3 heterocycles. The molecule has 1 spiro atoms. The molecule has 2 aliphatic carbocycles. The Labute approximate surface area is 227 Å². The quantitative estimate of drug-likeness (QED) is 0.491. The number of likely N-dealkylation sites (tertiary alicyclic amines) is 2. The second kappa shape index (κ2) is 8.55. The van der Waals surface area contributed by atoms with Gasteiger partial charge in [-0.25, -0.2) is 13.2 Å². The summed E-state index contributed by atoms with van der Waals surface area (Å²) >= 11 is 6.38. The van der Waals surface area contributed by atoms with Gasteiger partial charge in [0.05, 0.1) is 4.90 Å². The van der Waals surface area contributed by atoms with Crippen LogP contribution in [0.15, 0.2) is 47.4 Å². The molecule has 10 heteroatoms. The molecule has 38 heavy (non-hydrogen) atoms. The first-order valence-corrected chi connectivity index (χ1v) is 15.5. The van der Waals surface area contributed by atoms with E-state index in [4.69, 9.17) is 11.6 Å². The number of rotatable bonds is 5. The summed E-state index contributed by atoms with van der Waals surface area (Å²) < 4.78 is 23.5. The number of hydrogen-bond acceptors (Lipinski definition) is 5. The maximum atomic E-state index is 13.0. The number of halogens is 1. The van der Waals surface area contributed by atoms with E-state index < -0.39 is 9.84 Å². The number of carbonyl (C=O) groups excluding carboxylic acids is 1. The van der Waals surface area contributed by atoms with Gasteiger partial charge in [0, 0.05) is 66.2 Å². The van der Waals surface area contributed by atoms with Crippen molar-refractivity contribution in [3.05, 3.63) is 64.7 Å². The van der Waals surface area contributed by atoms with Crippen molar-refractivity contribution in [2.75, 3.05) is 32.4 Å². The Hall–Kier alpha value is -2.91. The molecule has 198 valence electrons. The van der Waals surface area contributed by atoms with Crippen LogP contribution in [0.5, 0.6) is 0 Å². The third-order valence-electron chi connectivity index (χ3n) is 8.77. The van der Waals surface area contributed by atoms with Crippen molar-refractivity contribution < 1.29 is 13.2 Å². The van der Waals surface area contributed by atoms with E-state index in [1.165, 1.54) is 30.7 Å². The standard InChI is InChI=1S/C28H30ClN5O3S/c1-38(36,37)22-8-9-23(24(29)10-22)18-4-2-17(3-5-18)21-13-33(14-21)27(35)34-15-28(16-34)11-20(12-28)26-30-25(31-32-26)19-6-7-19/h2-5,8-10,19-21H,6-7,11-16H2,1H3,(H,30,31,32). The highest BCUT2D eigenvalue weighted by atomic mass is 35.5. The number of sulfone groups is 1. The highest BCUT2D eigenvalue weighted by Gasteiger charge is 2.56. The minimum Gasteiger partial charge on any atom is -0.328 e. The Morgan fingerprint density at radius 3 is 2.21 bits per heavy atom. The summed E-state index contributed by atoms with van der Waals surface area (Å²) in [4.78, 5) is 20.6. The molecule has 2 aromatic carbocycles. The molecule has 1 N–H and O–H groups in total. The van der Waals surface area contributed by atoms with E-state index in [-0.39, 0.29) is 16.3 Å². The number of carbonyl (C=O) groups is 1. The van der Waals surface area contributed by atoms with Crippen molar-refractivity contribution in [1.29, 1.82) is 0 Å². The van der Waals surface area contributed by atoms with Gasteiger partial charge < -0.3 is 14.8 Å². The summed E-state index contributed by atoms with van der Waals surface area (Å²) in [6.07, 6.45) is 5.80. The summed E-state index contributed by atoms with van der Waals surface area (Å²) in [7, 11) is -3.30. The lowest BCUT2D eigenvalue weighted by Gasteiger charge is -2.59. The van der Waals surface area contributed by atoms with Crippen LogP contribution in [-0.2, 0) is 9.84 Å². The molecule has 7 rings (SSSR count). The van der Waals surface area contributed by atoms with Crippen LogP contribution >= 0.6 is 11.6 Å². The Kier molecular flexibility index (Phi) is 5.43. The summed E-state index contributed by atoms with van der Waals surface area (Å²) in [5, 5.41) is 9.12. The fourth-order valence-electron chi connectivity index (χ4n) is 6.29. The largest absolute Gasteiger partial charge is 0.328 e. The van der Waals surface area contributed by atoms with E-state index in [1.54, 1.807) is 12.1 Å². The fourth-order valence-corrected chi connectivity index (χ4v) is 7.29. The topological polar surface area (TPSA) is 99.3 Å². The van der Waals surface area contributed by atoms with Gasteiger partial charge in [0.1, 0.15) is 11.6 Å². The van der Waals surface area contributed by atoms with Crippen LogP contribution < -0.4 is 0 Å².